The highest BCUT2D eigenvalue weighted by Gasteiger charge is 2.55. The second kappa shape index (κ2) is 12.9. The van der Waals surface area contributed by atoms with Crippen LogP contribution in [0.4, 0.5) is 4.79 Å². The number of benzene rings is 1. The molecule has 3 heterocycles. The van der Waals surface area contributed by atoms with Crippen molar-refractivity contribution in [3.63, 3.8) is 0 Å². The number of aryl methyl sites for hydroxylation is 1. The molecular formula is C37H50N4O6. The third-order valence-electron chi connectivity index (χ3n) is 12.1. The molecule has 4 fully saturated rings. The molecule has 5 aliphatic rings. The summed E-state index contributed by atoms with van der Waals surface area (Å²) >= 11 is 0. The molecular weight excluding hydrogens is 596 g/mol. The minimum atomic E-state index is -0.785. The van der Waals surface area contributed by atoms with Gasteiger partial charge in [0.2, 0.25) is 11.8 Å². The van der Waals surface area contributed by atoms with Gasteiger partial charge < -0.3 is 24.4 Å². The number of hydrogen-bond donors (Lipinski definition) is 1. The molecule has 10 heteroatoms. The lowest BCUT2D eigenvalue weighted by Gasteiger charge is -2.38. The van der Waals surface area contributed by atoms with Crippen LogP contribution in [0.1, 0.15) is 97.1 Å². The summed E-state index contributed by atoms with van der Waals surface area (Å²) in [6, 6.07) is 4.23. The fourth-order valence-electron chi connectivity index (χ4n) is 9.48. The Morgan fingerprint density at radius 1 is 1.02 bits per heavy atom. The number of rotatable bonds is 4. The van der Waals surface area contributed by atoms with E-state index in [9.17, 15) is 14.4 Å². The number of fused-ring (bicyclic) bond motifs is 7. The molecule has 3 saturated carbocycles. The van der Waals surface area contributed by atoms with Crippen molar-refractivity contribution in [2.24, 2.45) is 29.1 Å². The summed E-state index contributed by atoms with van der Waals surface area (Å²) in [6.45, 7) is 5.92. The average Bonchev–Trinajstić information content (AvgIpc) is 3.33. The van der Waals surface area contributed by atoms with Crippen molar-refractivity contribution in [1.29, 1.82) is 0 Å². The molecule has 0 spiro atoms. The molecule has 2 amide bonds. The number of ether oxygens (including phenoxy) is 3. The van der Waals surface area contributed by atoms with Crippen LogP contribution in [-0.4, -0.2) is 70.6 Å². The molecule has 1 saturated heterocycles. The Morgan fingerprint density at radius 2 is 1.83 bits per heavy atom. The smallest absolute Gasteiger partial charge is 0.408 e. The Morgan fingerprint density at radius 3 is 2.57 bits per heavy atom. The number of Topliss-reactive ketones (excluding diaryl/α,β-unsaturated/α-hetero) is 1. The van der Waals surface area contributed by atoms with Crippen LogP contribution in [0.2, 0.25) is 0 Å². The van der Waals surface area contributed by atoms with Crippen LogP contribution in [0.25, 0.3) is 11.0 Å². The minimum absolute atomic E-state index is 0.0809. The predicted molar refractivity (Wildman–Crippen MR) is 176 cm³/mol. The third-order valence-corrected chi connectivity index (χ3v) is 12.1. The highest BCUT2D eigenvalue weighted by Crippen LogP contribution is 2.57. The second-order valence-corrected chi connectivity index (χ2v) is 15.1. The van der Waals surface area contributed by atoms with E-state index in [0.29, 0.717) is 47.7 Å². The first-order valence-corrected chi connectivity index (χ1v) is 18.0. The fourth-order valence-corrected chi connectivity index (χ4v) is 9.48. The van der Waals surface area contributed by atoms with Crippen LogP contribution >= 0.6 is 0 Å². The topological polar surface area (TPSA) is 120 Å². The Balaban J connectivity index is 1.26. The van der Waals surface area contributed by atoms with Gasteiger partial charge in [-0.1, -0.05) is 39.5 Å². The minimum Gasteiger partial charge on any atom is -0.497 e. The molecule has 2 bridgehead atoms. The van der Waals surface area contributed by atoms with E-state index in [1.807, 2.05) is 25.1 Å². The van der Waals surface area contributed by atoms with Crippen molar-refractivity contribution in [2.75, 3.05) is 13.7 Å². The highest BCUT2D eigenvalue weighted by molar-refractivity contribution is 5.93. The molecule has 3 aliphatic carbocycles. The lowest BCUT2D eigenvalue weighted by Crippen LogP contribution is -2.58. The standard InChI is InChI=1S/C37H50N4O6/c1-5-24-31-20-41(32(24)21(2)42)35(43)33(37(3)15-9-10-16-37)40-36(44)47-30-18-22-17-26(22)25(30)11-7-6-8-12-28-34(46-31)39-29-19-23(45-4)13-14-27(29)38-28/h13-14,19,22,24-26,30-33H,5-12,15-18,20H2,1-4H3,(H,40,44)/t22?,24-,25-,26?,30-,31+,32-,33-/m1/s1. The van der Waals surface area contributed by atoms with Crippen LogP contribution < -0.4 is 14.8 Å². The maximum absolute atomic E-state index is 14.7. The molecule has 10 nitrogen and oxygen atoms in total. The number of aromatic nitrogens is 2. The number of carbonyl (C=O) groups is 3. The van der Waals surface area contributed by atoms with Gasteiger partial charge in [0.25, 0.3) is 0 Å². The Kier molecular flexibility index (Phi) is 8.81. The number of alkyl carbamates (subject to hydrolysis) is 1. The van der Waals surface area contributed by atoms with E-state index in [2.05, 4.69) is 12.2 Å². The van der Waals surface area contributed by atoms with E-state index < -0.39 is 29.7 Å². The molecule has 1 N–H and O–H groups in total. The van der Waals surface area contributed by atoms with Gasteiger partial charge in [0.1, 0.15) is 29.7 Å². The lowest BCUT2D eigenvalue weighted by atomic mass is 9.79. The number of amides is 2. The third kappa shape index (κ3) is 6.17. The first-order chi connectivity index (χ1) is 22.7. The summed E-state index contributed by atoms with van der Waals surface area (Å²) in [6.07, 6.45) is 10.1. The molecule has 0 radical (unpaired) electrons. The quantitative estimate of drug-likeness (QED) is 0.428. The van der Waals surface area contributed by atoms with Crippen molar-refractivity contribution in [1.82, 2.24) is 20.2 Å². The second-order valence-electron chi connectivity index (χ2n) is 15.1. The SMILES string of the molecule is CC[C@@H]1[C@@H]2CN(C(=O)[C@H](C3(C)CCCC3)NC(=O)O[C@@H]3CC4CC4[C@H]3CCCCCc3nc4ccc(OC)cc4nc3O2)[C@@H]1C(C)=O. The highest BCUT2D eigenvalue weighted by atomic mass is 16.6. The van der Waals surface area contributed by atoms with Crippen LogP contribution in [0, 0.1) is 29.1 Å². The molecule has 47 heavy (non-hydrogen) atoms. The molecule has 2 aliphatic heterocycles. The largest absolute Gasteiger partial charge is 0.497 e. The van der Waals surface area contributed by atoms with E-state index in [4.69, 9.17) is 24.2 Å². The number of carbonyl (C=O) groups excluding carboxylic acids is 3. The first kappa shape index (κ1) is 32.1. The molecule has 7 rings (SSSR count). The first-order valence-electron chi connectivity index (χ1n) is 18.0. The number of methoxy groups -OCH3 is 1. The zero-order chi connectivity index (χ0) is 32.9. The maximum atomic E-state index is 14.7. The number of nitrogens with one attached hydrogen (secondary N) is 1. The van der Waals surface area contributed by atoms with Crippen molar-refractivity contribution in [3.05, 3.63) is 23.9 Å². The van der Waals surface area contributed by atoms with Crippen LogP contribution in [0.3, 0.4) is 0 Å². The van der Waals surface area contributed by atoms with Crippen LogP contribution in [0.5, 0.6) is 11.6 Å². The lowest BCUT2D eigenvalue weighted by molar-refractivity contribution is -0.142. The van der Waals surface area contributed by atoms with E-state index >= 15 is 0 Å². The van der Waals surface area contributed by atoms with Gasteiger partial charge in [0.05, 0.1) is 30.7 Å². The van der Waals surface area contributed by atoms with Gasteiger partial charge in [-0.3, -0.25) is 9.59 Å². The van der Waals surface area contributed by atoms with Crippen molar-refractivity contribution >= 4 is 28.8 Å². The molecule has 8 atom stereocenters. The maximum Gasteiger partial charge on any atom is 0.408 e. The summed E-state index contributed by atoms with van der Waals surface area (Å²) in [5.41, 5.74) is 1.83. The normalized spacial score (nSPS) is 33.8. The van der Waals surface area contributed by atoms with Crippen molar-refractivity contribution in [2.45, 2.75) is 122 Å². The summed E-state index contributed by atoms with van der Waals surface area (Å²) in [4.78, 5) is 53.3. The molecule has 2 unspecified atom stereocenters. The van der Waals surface area contributed by atoms with Crippen LogP contribution in [-0.2, 0) is 20.7 Å². The molecule has 1 aromatic heterocycles. The van der Waals surface area contributed by atoms with E-state index in [1.54, 1.807) is 18.9 Å². The fraction of sp³-hybridized carbons (Fsp3) is 0.703. The average molecular weight is 647 g/mol. The summed E-state index contributed by atoms with van der Waals surface area (Å²) < 4.78 is 18.4. The zero-order valence-electron chi connectivity index (χ0n) is 28.3. The Labute approximate surface area is 277 Å². The summed E-state index contributed by atoms with van der Waals surface area (Å²) in [5, 5.41) is 3.08. The van der Waals surface area contributed by atoms with Gasteiger partial charge in [-0.05, 0) is 93.6 Å². The van der Waals surface area contributed by atoms with Gasteiger partial charge in [0, 0.05) is 12.0 Å². The molecule has 2 aromatic rings. The van der Waals surface area contributed by atoms with Gasteiger partial charge >= 0.3 is 6.09 Å². The van der Waals surface area contributed by atoms with Crippen molar-refractivity contribution in [3.8, 4) is 11.6 Å². The van der Waals surface area contributed by atoms with Gasteiger partial charge in [-0.2, -0.15) is 0 Å². The monoisotopic (exact) mass is 646 g/mol. The molecule has 1 aromatic carbocycles. The van der Waals surface area contributed by atoms with Crippen LogP contribution in [0.15, 0.2) is 18.2 Å². The molecule has 254 valence electrons. The Bertz CT molecular complexity index is 1520. The van der Waals surface area contributed by atoms with Gasteiger partial charge in [-0.15, -0.1) is 0 Å². The summed E-state index contributed by atoms with van der Waals surface area (Å²) in [5.74, 6) is 2.26. The van der Waals surface area contributed by atoms with Crippen molar-refractivity contribution < 1.29 is 28.6 Å². The van der Waals surface area contributed by atoms with E-state index in [1.165, 1.54) is 6.42 Å². The number of ketones is 1. The van der Waals surface area contributed by atoms with Gasteiger partial charge in [-0.25, -0.2) is 14.8 Å². The predicted octanol–water partition coefficient (Wildman–Crippen LogP) is 6.03. The van der Waals surface area contributed by atoms with E-state index in [-0.39, 0.29) is 30.3 Å². The number of hydrogen-bond acceptors (Lipinski definition) is 8. The number of nitrogens with zero attached hydrogens (tertiary/aromatic N) is 3. The Hall–Kier alpha value is -3.43. The van der Waals surface area contributed by atoms with E-state index in [0.717, 1.165) is 69.0 Å². The summed E-state index contributed by atoms with van der Waals surface area (Å²) in [7, 11) is 1.63. The van der Waals surface area contributed by atoms with Gasteiger partial charge in [0.15, 0.2) is 5.78 Å². The zero-order valence-corrected chi connectivity index (χ0v) is 28.3.